The molecule has 0 bridgehead atoms. The monoisotopic (exact) mass is 353 g/mol. The summed E-state index contributed by atoms with van der Waals surface area (Å²) in [5, 5.41) is 0.282. The fourth-order valence-electron chi connectivity index (χ4n) is 3.16. The number of fused-ring (bicyclic) bond motifs is 1. The van der Waals surface area contributed by atoms with Crippen molar-refractivity contribution < 1.29 is 23.7 Å². The molecule has 0 unspecified atom stereocenters. The Morgan fingerprint density at radius 2 is 2.29 bits per heavy atom. The van der Waals surface area contributed by atoms with Crippen molar-refractivity contribution in [1.82, 2.24) is 9.55 Å². The van der Waals surface area contributed by atoms with Crippen molar-refractivity contribution in [3.05, 3.63) is 18.7 Å². The molecule has 24 heavy (non-hydrogen) atoms. The molecular weight excluding hydrogens is 334 g/mol. The molecule has 0 N–H and O–H groups in total. The number of aromatic nitrogens is 2. The van der Waals surface area contributed by atoms with Gasteiger partial charge in [0.2, 0.25) is 6.29 Å². The summed E-state index contributed by atoms with van der Waals surface area (Å²) in [6, 6.07) is -0.288. The zero-order chi connectivity index (χ0) is 16.9. The van der Waals surface area contributed by atoms with Gasteiger partial charge >= 0.3 is 0 Å². The molecule has 0 radical (unpaired) electrons. The van der Waals surface area contributed by atoms with Crippen LogP contribution in [0, 0.1) is 0 Å². The van der Waals surface area contributed by atoms with Gasteiger partial charge < -0.3 is 23.7 Å². The number of hydrogen-bond acceptors (Lipinski definition) is 8. The fraction of sp³-hybridized carbons (Fsp3) is 0.667. The second kappa shape index (κ2) is 5.76. The first-order valence-electron chi connectivity index (χ1n) is 7.80. The van der Waals surface area contributed by atoms with Gasteiger partial charge in [-0.1, -0.05) is 0 Å². The molecule has 5 atom stereocenters. The van der Waals surface area contributed by atoms with Crippen LogP contribution < -0.4 is 0 Å². The van der Waals surface area contributed by atoms with E-state index in [1.54, 1.807) is 30.2 Å². The fourth-order valence-corrected chi connectivity index (χ4v) is 3.38. The Bertz CT molecular complexity index is 662. The Kier molecular flexibility index (Phi) is 3.83. The maximum absolute atomic E-state index is 6.02. The quantitative estimate of drug-likeness (QED) is 0.737. The van der Waals surface area contributed by atoms with Crippen molar-refractivity contribution in [2.75, 3.05) is 6.61 Å². The maximum atomic E-state index is 6.02. The van der Waals surface area contributed by atoms with Gasteiger partial charge in [0.1, 0.15) is 18.5 Å². The van der Waals surface area contributed by atoms with E-state index in [9.17, 15) is 0 Å². The maximum Gasteiger partial charge on any atom is 0.269 e. The summed E-state index contributed by atoms with van der Waals surface area (Å²) < 4.78 is 30.9. The lowest BCUT2D eigenvalue weighted by Crippen LogP contribution is -2.43. The molecule has 0 amide bonds. The van der Waals surface area contributed by atoms with Gasteiger partial charge in [-0.05, 0) is 26.1 Å². The number of rotatable bonds is 2. The van der Waals surface area contributed by atoms with Crippen molar-refractivity contribution >= 4 is 23.3 Å². The lowest BCUT2D eigenvalue weighted by molar-refractivity contribution is -0.171. The van der Waals surface area contributed by atoms with E-state index in [1.165, 1.54) is 0 Å². The zero-order valence-electron chi connectivity index (χ0n) is 13.6. The molecule has 8 nitrogen and oxygen atoms in total. The molecule has 0 aromatic carbocycles. The van der Waals surface area contributed by atoms with Gasteiger partial charge in [0.25, 0.3) is 5.17 Å². The molecule has 3 aliphatic heterocycles. The third-order valence-corrected chi connectivity index (χ3v) is 4.50. The summed E-state index contributed by atoms with van der Waals surface area (Å²) >= 11 is 5.36. The second-order valence-corrected chi connectivity index (χ2v) is 6.76. The van der Waals surface area contributed by atoms with Crippen LogP contribution in [0.1, 0.15) is 20.8 Å². The molecule has 4 rings (SSSR count). The molecule has 130 valence electrons. The third-order valence-electron chi connectivity index (χ3n) is 4.20. The van der Waals surface area contributed by atoms with E-state index in [4.69, 9.17) is 35.9 Å². The Hall–Kier alpha value is -1.55. The first-order chi connectivity index (χ1) is 11.4. The highest BCUT2D eigenvalue weighted by Crippen LogP contribution is 2.37. The average Bonchev–Trinajstić information content (AvgIpc) is 3.24. The molecule has 0 aliphatic carbocycles. The molecule has 9 heteroatoms. The van der Waals surface area contributed by atoms with Gasteiger partial charge in [0.05, 0.1) is 6.61 Å². The minimum absolute atomic E-state index is 0.278. The molecule has 1 aromatic rings. The van der Waals surface area contributed by atoms with Gasteiger partial charge in [0, 0.05) is 19.3 Å². The Morgan fingerprint density at radius 3 is 2.96 bits per heavy atom. The summed E-state index contributed by atoms with van der Waals surface area (Å²) in [6.07, 6.45) is 3.37. The normalized spacial score (nSPS) is 37.0. The molecule has 1 aromatic heterocycles. The van der Waals surface area contributed by atoms with Crippen LogP contribution in [0.25, 0.3) is 0 Å². The summed E-state index contributed by atoms with van der Waals surface area (Å²) in [7, 11) is 0. The summed E-state index contributed by atoms with van der Waals surface area (Å²) in [6.45, 7) is 5.94. The highest BCUT2D eigenvalue weighted by Gasteiger charge is 2.56. The van der Waals surface area contributed by atoms with E-state index in [2.05, 4.69) is 9.98 Å². The van der Waals surface area contributed by atoms with Crippen molar-refractivity contribution in [2.45, 2.75) is 57.2 Å². The van der Waals surface area contributed by atoms with Gasteiger partial charge in [-0.2, -0.15) is 0 Å². The highest BCUT2D eigenvalue weighted by atomic mass is 32.1. The van der Waals surface area contributed by atoms with Gasteiger partial charge in [-0.15, -0.1) is 0 Å². The summed E-state index contributed by atoms with van der Waals surface area (Å²) in [4.78, 5) is 8.47. The van der Waals surface area contributed by atoms with E-state index in [0.717, 1.165) is 0 Å². The van der Waals surface area contributed by atoms with Crippen LogP contribution in [0.15, 0.2) is 23.7 Å². The number of imidazole rings is 1. The first kappa shape index (κ1) is 15.9. The topological polar surface area (TPSA) is 76.3 Å². The number of aliphatic imine (C=N–C) groups is 1. The average molecular weight is 353 g/mol. The Labute approximate surface area is 144 Å². The molecule has 0 spiro atoms. The van der Waals surface area contributed by atoms with E-state index >= 15 is 0 Å². The van der Waals surface area contributed by atoms with Crippen molar-refractivity contribution in [3.63, 3.8) is 0 Å². The zero-order valence-corrected chi connectivity index (χ0v) is 14.4. The van der Waals surface area contributed by atoms with Crippen LogP contribution in [0.5, 0.6) is 0 Å². The second-order valence-electron chi connectivity index (χ2n) is 6.41. The molecule has 2 fully saturated rings. The predicted molar refractivity (Wildman–Crippen MR) is 86.6 cm³/mol. The number of nitrogens with zero attached hydrogens (tertiary/aromatic N) is 3. The minimum Gasteiger partial charge on any atom is -0.462 e. The largest absolute Gasteiger partial charge is 0.462 e. The lowest BCUT2D eigenvalue weighted by atomic mass is 10.0. The molecule has 3 aliphatic rings. The van der Waals surface area contributed by atoms with Crippen LogP contribution in [0.3, 0.4) is 0 Å². The number of hydrogen-bond donors (Lipinski definition) is 0. The van der Waals surface area contributed by atoms with Crippen LogP contribution in [-0.4, -0.2) is 63.7 Å². The van der Waals surface area contributed by atoms with E-state index in [-0.39, 0.29) is 23.4 Å². The van der Waals surface area contributed by atoms with E-state index < -0.39 is 18.2 Å². The van der Waals surface area contributed by atoms with E-state index in [0.29, 0.717) is 12.5 Å². The number of ether oxygens (including phenoxy) is 5. The Morgan fingerprint density at radius 1 is 1.46 bits per heavy atom. The molecule has 0 saturated carbocycles. The highest BCUT2D eigenvalue weighted by molar-refractivity contribution is 7.80. The SMILES string of the molecule is CC1=N[C@H]2[C@@H](O1)O[C@H]([C@H]1COC(C)(C)O1)[C@@H]2OC(=S)n1ccnc1. The Balaban J connectivity index is 1.55. The third kappa shape index (κ3) is 2.81. The minimum atomic E-state index is -0.652. The first-order valence-corrected chi connectivity index (χ1v) is 8.21. The summed E-state index contributed by atoms with van der Waals surface area (Å²) in [5.41, 5.74) is 0. The van der Waals surface area contributed by atoms with Crippen LogP contribution >= 0.6 is 12.2 Å². The smallest absolute Gasteiger partial charge is 0.269 e. The van der Waals surface area contributed by atoms with Crippen molar-refractivity contribution in [1.29, 1.82) is 0 Å². The van der Waals surface area contributed by atoms with Crippen LogP contribution in [-0.2, 0) is 23.7 Å². The predicted octanol–water partition coefficient (Wildman–Crippen LogP) is 1.09. The van der Waals surface area contributed by atoms with Gasteiger partial charge in [0.15, 0.2) is 23.8 Å². The van der Waals surface area contributed by atoms with Crippen LogP contribution in [0.2, 0.25) is 0 Å². The van der Waals surface area contributed by atoms with Crippen molar-refractivity contribution in [3.8, 4) is 0 Å². The molecular formula is C15H19N3O5S. The standard InChI is InChI=1S/C15H19N3O5S/c1-8-17-10-12(22-14(24)18-5-4-16-7-18)11(21-13(10)20-8)9-6-19-15(2,3)23-9/h4-5,7,9-13H,6H2,1-3H3/t9-,10-,11-,12-,13+/m1/s1. The molecule has 4 heterocycles. The molecule has 2 saturated heterocycles. The van der Waals surface area contributed by atoms with Crippen molar-refractivity contribution in [2.24, 2.45) is 4.99 Å². The number of thiocarbonyl (C=S) groups is 1. The van der Waals surface area contributed by atoms with E-state index in [1.807, 2.05) is 13.8 Å². The summed E-state index contributed by atoms with van der Waals surface area (Å²) in [5.74, 6) is -0.0734. The van der Waals surface area contributed by atoms with Gasteiger partial charge in [-0.3, -0.25) is 4.57 Å². The lowest BCUT2D eigenvalue weighted by Gasteiger charge is -2.26. The van der Waals surface area contributed by atoms with Gasteiger partial charge in [-0.25, -0.2) is 9.98 Å². The van der Waals surface area contributed by atoms with Crippen LogP contribution in [0.4, 0.5) is 0 Å².